The van der Waals surface area contributed by atoms with Crippen molar-refractivity contribution in [3.8, 4) is 0 Å². The molecule has 4 heteroatoms. The minimum absolute atomic E-state index is 0.417. The SMILES string of the molecule is Cc1ccc(N)cc1.[C-]#[N+]CC(=O)O. The highest BCUT2D eigenvalue weighted by atomic mass is 16.4. The van der Waals surface area contributed by atoms with Gasteiger partial charge < -0.3 is 15.7 Å². The number of rotatable bonds is 1. The van der Waals surface area contributed by atoms with Crippen LogP contribution in [0, 0.1) is 13.5 Å². The number of nitrogens with zero attached hydrogens (tertiary/aromatic N) is 1. The van der Waals surface area contributed by atoms with Gasteiger partial charge in [0.05, 0.1) is 0 Å². The van der Waals surface area contributed by atoms with Crippen molar-refractivity contribution in [2.75, 3.05) is 12.3 Å². The standard InChI is InChI=1S/C7H9N.C3H3NO2/c1-6-2-4-7(8)5-3-6;1-4-2-3(5)6/h2-5H,8H2,1H3;2H2,(H,5,6). The normalized spacial score (nSPS) is 8.00. The van der Waals surface area contributed by atoms with Gasteiger partial charge in [0.2, 0.25) is 0 Å². The summed E-state index contributed by atoms with van der Waals surface area (Å²) in [7, 11) is 0. The Balaban J connectivity index is 0.000000255. The molecule has 0 aromatic heterocycles. The Bertz CT molecular complexity index is 304. The van der Waals surface area contributed by atoms with E-state index in [1.807, 2.05) is 31.2 Å². The van der Waals surface area contributed by atoms with Gasteiger partial charge in [0.15, 0.2) is 0 Å². The lowest BCUT2D eigenvalue weighted by Crippen LogP contribution is -1.95. The quantitative estimate of drug-likeness (QED) is 0.524. The molecule has 4 nitrogen and oxygen atoms in total. The van der Waals surface area contributed by atoms with E-state index in [1.54, 1.807) is 0 Å². The van der Waals surface area contributed by atoms with Gasteiger partial charge >= 0.3 is 12.5 Å². The molecule has 0 aliphatic carbocycles. The molecule has 0 saturated carbocycles. The Morgan fingerprint density at radius 1 is 1.50 bits per heavy atom. The Kier molecular flexibility index (Phi) is 5.55. The van der Waals surface area contributed by atoms with Crippen LogP contribution < -0.4 is 5.73 Å². The van der Waals surface area contributed by atoms with E-state index in [-0.39, 0.29) is 0 Å². The molecule has 0 bridgehead atoms. The largest absolute Gasteiger partial charge is 0.476 e. The number of aryl methyl sites for hydroxylation is 1. The second-order valence-corrected chi connectivity index (χ2v) is 2.62. The van der Waals surface area contributed by atoms with Crippen LogP contribution in [0.2, 0.25) is 0 Å². The predicted octanol–water partition coefficient (Wildman–Crippen LogP) is 1.57. The van der Waals surface area contributed by atoms with Crippen LogP contribution in [-0.4, -0.2) is 17.6 Å². The van der Waals surface area contributed by atoms with Gasteiger partial charge in [0, 0.05) is 5.69 Å². The summed E-state index contributed by atoms with van der Waals surface area (Å²) in [6.07, 6.45) is 0. The molecule has 0 amide bonds. The summed E-state index contributed by atoms with van der Waals surface area (Å²) in [5, 5.41) is 7.70. The van der Waals surface area contributed by atoms with Crippen LogP contribution in [0.3, 0.4) is 0 Å². The molecule has 1 aromatic rings. The van der Waals surface area contributed by atoms with Gasteiger partial charge in [0.1, 0.15) is 0 Å². The van der Waals surface area contributed by atoms with Gasteiger partial charge in [-0.2, -0.15) is 0 Å². The molecule has 0 unspecified atom stereocenters. The second-order valence-electron chi connectivity index (χ2n) is 2.62. The van der Waals surface area contributed by atoms with Gasteiger partial charge in [0.25, 0.3) is 0 Å². The van der Waals surface area contributed by atoms with Gasteiger partial charge in [-0.1, -0.05) is 17.7 Å². The van der Waals surface area contributed by atoms with E-state index in [2.05, 4.69) is 4.85 Å². The molecule has 0 saturated heterocycles. The van der Waals surface area contributed by atoms with Crippen LogP contribution >= 0.6 is 0 Å². The third-order valence-electron chi connectivity index (χ3n) is 1.29. The lowest BCUT2D eigenvalue weighted by Gasteiger charge is -1.90. The molecule has 14 heavy (non-hydrogen) atoms. The summed E-state index contributed by atoms with van der Waals surface area (Å²) in [5.74, 6) is -1.06. The number of anilines is 1. The monoisotopic (exact) mass is 192 g/mol. The van der Waals surface area contributed by atoms with Crippen molar-refractivity contribution in [1.29, 1.82) is 0 Å². The van der Waals surface area contributed by atoms with E-state index in [4.69, 9.17) is 17.4 Å². The van der Waals surface area contributed by atoms with Crippen molar-refractivity contribution < 1.29 is 9.90 Å². The van der Waals surface area contributed by atoms with Crippen LogP contribution in [0.25, 0.3) is 4.85 Å². The van der Waals surface area contributed by atoms with E-state index >= 15 is 0 Å². The number of benzene rings is 1. The second kappa shape index (κ2) is 6.49. The lowest BCUT2D eigenvalue weighted by atomic mass is 10.2. The summed E-state index contributed by atoms with van der Waals surface area (Å²) >= 11 is 0. The first kappa shape index (κ1) is 12.0. The molecule has 0 atom stereocenters. The first-order valence-corrected chi connectivity index (χ1v) is 3.93. The van der Waals surface area contributed by atoms with Crippen LogP contribution in [0.5, 0.6) is 0 Å². The highest BCUT2D eigenvalue weighted by Crippen LogP contribution is 2.02. The number of nitrogen functional groups attached to an aromatic ring is 1. The maximum atomic E-state index is 9.39. The Labute approximate surface area is 82.8 Å². The highest BCUT2D eigenvalue weighted by molar-refractivity contribution is 5.70. The van der Waals surface area contributed by atoms with E-state index < -0.39 is 12.5 Å². The molecular weight excluding hydrogens is 180 g/mol. The maximum absolute atomic E-state index is 9.39. The average Bonchev–Trinajstić information content (AvgIpc) is 2.11. The Hall–Kier alpha value is -2.02. The molecule has 1 aromatic carbocycles. The fraction of sp³-hybridized carbons (Fsp3) is 0.200. The summed E-state index contributed by atoms with van der Waals surface area (Å²) in [6.45, 7) is 7.60. The molecular formula is C10H12N2O2. The van der Waals surface area contributed by atoms with Gasteiger partial charge in [-0.25, -0.2) is 11.4 Å². The maximum Gasteiger partial charge on any atom is 0.384 e. The van der Waals surface area contributed by atoms with Crippen LogP contribution in [-0.2, 0) is 4.79 Å². The van der Waals surface area contributed by atoms with Gasteiger partial charge in [-0.15, -0.1) is 0 Å². The summed E-state index contributed by atoms with van der Waals surface area (Å²) < 4.78 is 0. The number of hydrogen-bond acceptors (Lipinski definition) is 2. The minimum Gasteiger partial charge on any atom is -0.476 e. The molecule has 1 rings (SSSR count). The number of nitrogens with two attached hydrogens (primary N) is 1. The zero-order chi connectivity index (χ0) is 11.0. The topological polar surface area (TPSA) is 67.7 Å². The molecule has 3 N–H and O–H groups in total. The van der Waals surface area contributed by atoms with Crippen molar-refractivity contribution >= 4 is 11.7 Å². The lowest BCUT2D eigenvalue weighted by molar-refractivity contribution is -0.134. The van der Waals surface area contributed by atoms with Gasteiger partial charge in [-0.05, 0) is 19.1 Å². The van der Waals surface area contributed by atoms with E-state index in [9.17, 15) is 4.79 Å². The van der Waals surface area contributed by atoms with Crippen LogP contribution in [0.1, 0.15) is 5.56 Å². The fourth-order valence-electron chi connectivity index (χ4n) is 0.634. The third kappa shape index (κ3) is 6.68. The zero-order valence-electron chi connectivity index (χ0n) is 7.90. The number of carbonyl (C=O) groups is 1. The first-order chi connectivity index (χ1) is 6.56. The minimum atomic E-state index is -1.06. The van der Waals surface area contributed by atoms with Crippen molar-refractivity contribution in [1.82, 2.24) is 0 Å². The molecule has 0 spiro atoms. The number of hydrogen-bond donors (Lipinski definition) is 2. The Morgan fingerprint density at radius 2 is 2.00 bits per heavy atom. The number of carboxylic acids is 1. The smallest absolute Gasteiger partial charge is 0.384 e. The molecule has 0 fully saturated rings. The van der Waals surface area contributed by atoms with Gasteiger partial charge in [-0.3, -0.25) is 0 Å². The zero-order valence-corrected chi connectivity index (χ0v) is 7.90. The average molecular weight is 192 g/mol. The van der Waals surface area contributed by atoms with Crippen molar-refractivity contribution in [2.24, 2.45) is 0 Å². The molecule has 0 aliphatic heterocycles. The molecule has 0 heterocycles. The predicted molar refractivity (Wildman–Crippen MR) is 54.7 cm³/mol. The van der Waals surface area contributed by atoms with Crippen LogP contribution in [0.15, 0.2) is 24.3 Å². The highest BCUT2D eigenvalue weighted by Gasteiger charge is 1.92. The summed E-state index contributed by atoms with van der Waals surface area (Å²) in [5.41, 5.74) is 7.51. The molecule has 0 aliphatic rings. The summed E-state index contributed by atoms with van der Waals surface area (Å²) in [4.78, 5) is 12.0. The van der Waals surface area contributed by atoms with E-state index in [0.29, 0.717) is 0 Å². The molecule has 74 valence electrons. The number of aliphatic carboxylic acids is 1. The van der Waals surface area contributed by atoms with Crippen molar-refractivity contribution in [2.45, 2.75) is 6.92 Å². The van der Waals surface area contributed by atoms with Crippen molar-refractivity contribution in [3.05, 3.63) is 41.2 Å². The molecule has 0 radical (unpaired) electrons. The van der Waals surface area contributed by atoms with Crippen molar-refractivity contribution in [3.63, 3.8) is 0 Å². The third-order valence-corrected chi connectivity index (χ3v) is 1.29. The van der Waals surface area contributed by atoms with Crippen LogP contribution in [0.4, 0.5) is 5.69 Å². The Morgan fingerprint density at radius 3 is 2.21 bits per heavy atom. The first-order valence-electron chi connectivity index (χ1n) is 3.93. The van der Waals surface area contributed by atoms with E-state index in [1.165, 1.54) is 5.56 Å². The van der Waals surface area contributed by atoms with E-state index in [0.717, 1.165) is 5.69 Å². The fourth-order valence-corrected chi connectivity index (χ4v) is 0.634. The number of carboxylic acid groups (broad SMARTS) is 1. The summed E-state index contributed by atoms with van der Waals surface area (Å²) in [6, 6.07) is 7.79.